The number of imidazole rings is 1. The van der Waals surface area contributed by atoms with Gasteiger partial charge in [-0.25, -0.2) is 4.98 Å². The van der Waals surface area contributed by atoms with E-state index < -0.39 is 133 Å². The maximum Gasteiger partial charge on any atom is 0.322 e. The molecule has 0 unspecified atom stereocenters. The summed E-state index contributed by atoms with van der Waals surface area (Å²) in [5, 5.41) is 58.0. The molecule has 9 aromatic rings. The number of aromatic amines is 3. The molecular weight excluding hydrogens is 1360 g/mol. The molecule has 0 aliphatic carbocycles. The number of likely N-dealkylation sites (tertiary alicyclic amines) is 1. The SMILES string of the molecule is CC(=O)N[C@H](Cc1ccc2ccccc2c1)C(=O)N[C@@H](Cc1c[nH]c2ccccc12)C(=O)N[C@H](Cc1cccnc1)C(=O)N[C@@H](CO)C(=O)N[C@@H](Cc1cnc[nH]1)C(=O)N[C@H](CCCCN)C(=O)N[C@@H](Cc1c[nH]c2ccccc12)C(=O)N[C@@H](Cc1ccc(O)cc1)C(=O)N1CCC[C@H]1C(=O)NCC(=O)O. The summed E-state index contributed by atoms with van der Waals surface area (Å²) in [6.07, 6.45) is 9.28. The van der Waals surface area contributed by atoms with E-state index in [1.54, 1.807) is 48.8 Å². The topological polar surface area (TPSA) is 459 Å². The number of H-pyrrole nitrogens is 3. The van der Waals surface area contributed by atoms with Crippen LogP contribution < -0.4 is 53.6 Å². The Hall–Kier alpha value is -12.3. The number of carbonyl (C=O) groups is 11. The molecule has 1 aliphatic heterocycles. The van der Waals surface area contributed by atoms with E-state index in [1.165, 1.54) is 48.9 Å². The zero-order valence-corrected chi connectivity index (χ0v) is 58.1. The van der Waals surface area contributed by atoms with Crippen molar-refractivity contribution >= 4 is 97.6 Å². The van der Waals surface area contributed by atoms with Crippen molar-refractivity contribution in [2.75, 3.05) is 26.2 Å². The number of aromatic hydroxyl groups is 1. The van der Waals surface area contributed by atoms with Crippen LogP contribution in [0.2, 0.25) is 0 Å². The van der Waals surface area contributed by atoms with Gasteiger partial charge in [-0.1, -0.05) is 97.1 Å². The van der Waals surface area contributed by atoms with Crippen molar-refractivity contribution in [3.63, 3.8) is 0 Å². The van der Waals surface area contributed by atoms with Gasteiger partial charge in [0.2, 0.25) is 59.1 Å². The van der Waals surface area contributed by atoms with E-state index in [2.05, 4.69) is 72.8 Å². The number of aromatic nitrogens is 5. The van der Waals surface area contributed by atoms with Crippen LogP contribution >= 0.6 is 0 Å². The summed E-state index contributed by atoms with van der Waals surface area (Å²) in [4.78, 5) is 175. The molecule has 30 nitrogen and oxygen atoms in total. The smallest absolute Gasteiger partial charge is 0.322 e. The monoisotopic (exact) mass is 1450 g/mol. The second-order valence-electron chi connectivity index (χ2n) is 26.2. The van der Waals surface area contributed by atoms with E-state index in [0.717, 1.165) is 27.2 Å². The highest BCUT2D eigenvalue weighted by atomic mass is 16.4. The van der Waals surface area contributed by atoms with Gasteiger partial charge in [0, 0.05) is 110 Å². The highest BCUT2D eigenvalue weighted by molar-refractivity contribution is 6.00. The number of rotatable bonds is 36. The van der Waals surface area contributed by atoms with Crippen LogP contribution in [0.15, 0.2) is 165 Å². The predicted octanol–water partition coefficient (Wildman–Crippen LogP) is 1.59. The minimum absolute atomic E-state index is 0.0433. The van der Waals surface area contributed by atoms with Gasteiger partial charge < -0.3 is 88.8 Å². The van der Waals surface area contributed by atoms with Gasteiger partial charge >= 0.3 is 5.97 Å². The number of unbranched alkanes of at least 4 members (excludes halogenated alkanes) is 1. The molecule has 0 saturated carbocycles. The van der Waals surface area contributed by atoms with Gasteiger partial charge in [0.1, 0.15) is 66.7 Å². The molecule has 1 fully saturated rings. The molecule has 1 aliphatic rings. The number of nitrogens with one attached hydrogen (secondary N) is 12. The van der Waals surface area contributed by atoms with Crippen LogP contribution in [-0.4, -0.2) is 191 Å². The molecule has 0 spiro atoms. The van der Waals surface area contributed by atoms with Gasteiger partial charge in [0.25, 0.3) is 0 Å². The van der Waals surface area contributed by atoms with Crippen molar-refractivity contribution in [1.29, 1.82) is 0 Å². The molecule has 17 N–H and O–H groups in total. The first kappa shape index (κ1) is 76.3. The van der Waals surface area contributed by atoms with E-state index in [9.17, 15) is 53.7 Å². The lowest BCUT2D eigenvalue weighted by molar-refractivity contribution is -0.143. The van der Waals surface area contributed by atoms with Crippen LogP contribution in [0.5, 0.6) is 5.75 Å². The molecule has 5 aromatic carbocycles. The fourth-order valence-corrected chi connectivity index (χ4v) is 13.0. The van der Waals surface area contributed by atoms with Crippen LogP contribution in [-0.2, 0) is 91.3 Å². The quantitative estimate of drug-likeness (QED) is 0.0248. The second kappa shape index (κ2) is 36.7. The van der Waals surface area contributed by atoms with Gasteiger partial charge in [0.15, 0.2) is 0 Å². The van der Waals surface area contributed by atoms with E-state index in [1.807, 2.05) is 78.9 Å². The molecule has 10 rings (SSSR count). The van der Waals surface area contributed by atoms with Crippen LogP contribution in [0, 0.1) is 0 Å². The maximum atomic E-state index is 15.1. The molecule has 106 heavy (non-hydrogen) atoms. The van der Waals surface area contributed by atoms with Crippen LogP contribution in [0.3, 0.4) is 0 Å². The fraction of sp³-hybridized carbons (Fsp3) is 0.329. The predicted molar refractivity (Wildman–Crippen MR) is 390 cm³/mol. The normalized spacial score (nSPS) is 15.0. The zero-order chi connectivity index (χ0) is 75.2. The van der Waals surface area contributed by atoms with Gasteiger partial charge in [-0.3, -0.25) is 57.7 Å². The summed E-state index contributed by atoms with van der Waals surface area (Å²) in [7, 11) is 0. The number of phenolic OH excluding ortho intramolecular Hbond substituents is 1. The Bertz CT molecular complexity index is 4590. The number of nitrogens with zero attached hydrogens (tertiary/aromatic N) is 3. The number of amides is 10. The second-order valence-corrected chi connectivity index (χ2v) is 26.2. The number of aliphatic hydroxyl groups excluding tert-OH is 1. The largest absolute Gasteiger partial charge is 0.508 e. The molecule has 30 heteroatoms. The summed E-state index contributed by atoms with van der Waals surface area (Å²) in [6, 6.07) is 24.1. The molecule has 9 atom stereocenters. The number of hydrogen-bond donors (Lipinski definition) is 16. The Morgan fingerprint density at radius 3 is 1.62 bits per heavy atom. The van der Waals surface area contributed by atoms with Crippen molar-refractivity contribution < 1.29 is 68.1 Å². The summed E-state index contributed by atoms with van der Waals surface area (Å²) in [6.45, 7) is -0.188. The number of hydrogen-bond acceptors (Lipinski definition) is 16. The fourth-order valence-electron chi connectivity index (χ4n) is 13.0. The highest BCUT2D eigenvalue weighted by Crippen LogP contribution is 2.25. The molecule has 4 aromatic heterocycles. The van der Waals surface area contributed by atoms with Gasteiger partial charge in [-0.15, -0.1) is 0 Å². The van der Waals surface area contributed by atoms with Crippen LogP contribution in [0.4, 0.5) is 0 Å². The zero-order valence-electron chi connectivity index (χ0n) is 58.1. The Kier molecular flexibility index (Phi) is 26.4. The molecular formula is C76H86N16O14. The average molecular weight is 1450 g/mol. The lowest BCUT2D eigenvalue weighted by atomic mass is 9.99. The Labute approximate surface area is 608 Å². The Morgan fingerprint density at radius 2 is 1.05 bits per heavy atom. The number of pyridine rings is 1. The molecule has 0 bridgehead atoms. The minimum atomic E-state index is -1.81. The number of carbonyl (C=O) groups excluding carboxylic acids is 10. The molecule has 1 saturated heterocycles. The molecule has 10 amide bonds. The summed E-state index contributed by atoms with van der Waals surface area (Å²) in [5.74, 6) is -9.54. The Morgan fingerprint density at radius 1 is 0.528 bits per heavy atom. The van der Waals surface area contributed by atoms with Crippen LogP contribution in [0.1, 0.15) is 72.5 Å². The lowest BCUT2D eigenvalue weighted by Gasteiger charge is -2.30. The van der Waals surface area contributed by atoms with Gasteiger partial charge in [-0.2, -0.15) is 0 Å². The molecule has 5 heterocycles. The molecule has 554 valence electrons. The van der Waals surface area contributed by atoms with Gasteiger partial charge in [-0.05, 0) is 108 Å². The van der Waals surface area contributed by atoms with Gasteiger partial charge in [0.05, 0.1) is 12.9 Å². The van der Waals surface area contributed by atoms with Crippen molar-refractivity contribution in [2.24, 2.45) is 5.73 Å². The van der Waals surface area contributed by atoms with Crippen molar-refractivity contribution in [3.05, 3.63) is 198 Å². The first-order valence-electron chi connectivity index (χ1n) is 34.9. The third-order valence-corrected chi connectivity index (χ3v) is 18.5. The van der Waals surface area contributed by atoms with E-state index in [4.69, 9.17) is 5.73 Å². The first-order chi connectivity index (χ1) is 51.2. The number of nitrogens with two attached hydrogens (primary N) is 1. The summed E-state index contributed by atoms with van der Waals surface area (Å²) < 4.78 is 0. The standard InChI is InChI=1S/C76H86N16O14/c1-44(94)84-59(32-46-21-24-48-13-2-3-14-49(48)30-46)69(99)88-61(34-50-38-80-56-17-6-4-15-54(50)56)71(101)86-60(33-47-12-10-28-78-37-47)70(100)91-65(42-93)74(104)89-63(36-52-40-79-43-83-52)73(103)85-58(19-8-9-27-77)68(98)87-62(35-51-39-81-57-18-7-5-16-55(51)57)72(102)90-64(31-45-22-25-53(95)26-23-45)76(106)92-29-11-20-66(92)75(105)82-41-67(96)97/h2-7,10,12-18,21-26,28,30,37-40,43,58-66,80-81,93,95H,8-9,11,19-20,27,29,31-36,41-42,77H2,1H3,(H,79,83)(H,82,105)(H,84,94)(H,85,103)(H,86,101)(H,87,98)(H,88,99)(H,89,104)(H,90,102)(H,91,100)(H,96,97)/t58-,59-,60-,61+,62+,63+,64+,65+,66+/m1/s1. The number of fused-ring (bicyclic) bond motifs is 3. The third-order valence-electron chi connectivity index (χ3n) is 18.5. The maximum absolute atomic E-state index is 15.1. The number of aliphatic hydroxyl groups is 1. The third kappa shape index (κ3) is 20.7. The number of phenols is 1. The summed E-state index contributed by atoms with van der Waals surface area (Å²) >= 11 is 0. The highest BCUT2D eigenvalue weighted by Gasteiger charge is 2.40. The summed E-state index contributed by atoms with van der Waals surface area (Å²) in [5.41, 5.74) is 10.6. The van der Waals surface area contributed by atoms with Crippen molar-refractivity contribution in [1.82, 2.24) is 77.7 Å². The number of para-hydroxylation sites is 2. The van der Waals surface area contributed by atoms with Crippen molar-refractivity contribution in [2.45, 2.75) is 132 Å². The Balaban J connectivity index is 0.887. The number of carboxylic acids is 1. The van der Waals surface area contributed by atoms with Crippen LogP contribution in [0.25, 0.3) is 32.6 Å². The van der Waals surface area contributed by atoms with E-state index >= 15 is 14.4 Å². The number of carboxylic acid groups (broad SMARTS) is 1. The van der Waals surface area contributed by atoms with E-state index in [0.29, 0.717) is 51.7 Å². The van der Waals surface area contributed by atoms with Crippen molar-refractivity contribution in [3.8, 4) is 5.75 Å². The first-order valence-corrected chi connectivity index (χ1v) is 34.9. The molecule has 0 radical (unpaired) electrons. The number of aliphatic carboxylic acids is 1. The minimum Gasteiger partial charge on any atom is -0.508 e. The average Bonchev–Trinajstić information content (AvgIpc) is 1.48. The lowest BCUT2D eigenvalue weighted by Crippen LogP contribution is -2.61. The van der Waals surface area contributed by atoms with E-state index in [-0.39, 0.29) is 76.6 Å². The number of benzene rings is 5.